The molecule has 36 heavy (non-hydrogen) atoms. The zero-order chi connectivity index (χ0) is 25.3. The minimum atomic E-state index is -0.509. The molecule has 0 aliphatic rings. The van der Waals surface area contributed by atoms with Crippen molar-refractivity contribution in [2.75, 3.05) is 6.61 Å². The molecular formula is C28H25ClN2O4S. The number of aryl methyl sites for hydroxylation is 1. The highest BCUT2D eigenvalue weighted by Gasteiger charge is 2.18. The number of nitrogens with zero attached hydrogens (tertiary/aromatic N) is 1. The molecule has 0 bridgehead atoms. The molecule has 0 saturated carbocycles. The van der Waals surface area contributed by atoms with Gasteiger partial charge in [0.1, 0.15) is 16.4 Å². The molecule has 0 saturated heterocycles. The molecule has 0 spiro atoms. The lowest BCUT2D eigenvalue weighted by molar-refractivity contribution is -0.123. The van der Waals surface area contributed by atoms with E-state index in [0.717, 1.165) is 34.9 Å². The van der Waals surface area contributed by atoms with Gasteiger partial charge in [-0.1, -0.05) is 55.3 Å². The Bertz CT molecular complexity index is 1360. The molecular weight excluding hydrogens is 496 g/mol. The predicted octanol–water partition coefficient (Wildman–Crippen LogP) is 6.65. The third kappa shape index (κ3) is 6.71. The number of hydrogen-bond donors (Lipinski definition) is 1. The Morgan fingerprint density at radius 3 is 2.44 bits per heavy atom. The van der Waals surface area contributed by atoms with Crippen LogP contribution in [0.3, 0.4) is 0 Å². The average Bonchev–Trinajstić information content (AvgIpc) is 3.24. The van der Waals surface area contributed by atoms with Crippen LogP contribution in [0, 0.1) is 0 Å². The number of benzene rings is 3. The van der Waals surface area contributed by atoms with E-state index < -0.39 is 5.97 Å². The third-order valence-corrected chi connectivity index (χ3v) is 6.98. The van der Waals surface area contributed by atoms with Gasteiger partial charge >= 0.3 is 5.97 Å². The van der Waals surface area contributed by atoms with Gasteiger partial charge in [-0.15, -0.1) is 11.3 Å². The van der Waals surface area contributed by atoms with Gasteiger partial charge in [-0.25, -0.2) is 10.2 Å². The van der Waals surface area contributed by atoms with Crippen molar-refractivity contribution in [3.63, 3.8) is 0 Å². The molecule has 0 fully saturated rings. The fourth-order valence-electron chi connectivity index (χ4n) is 3.41. The number of amides is 1. The molecule has 184 valence electrons. The van der Waals surface area contributed by atoms with E-state index >= 15 is 0 Å². The van der Waals surface area contributed by atoms with Gasteiger partial charge in [-0.2, -0.15) is 5.10 Å². The molecule has 3 aromatic carbocycles. The summed E-state index contributed by atoms with van der Waals surface area (Å²) in [7, 11) is 0. The Morgan fingerprint density at radius 2 is 1.72 bits per heavy atom. The summed E-state index contributed by atoms with van der Waals surface area (Å²) in [6.45, 7) is 2.02. The number of unbranched alkanes of at least 4 members (excludes halogenated alkanes) is 1. The first kappa shape index (κ1) is 25.4. The number of halogens is 1. The van der Waals surface area contributed by atoms with Gasteiger partial charge in [0.2, 0.25) is 0 Å². The van der Waals surface area contributed by atoms with Gasteiger partial charge in [-0.05, 0) is 66.4 Å². The Hall–Kier alpha value is -3.68. The Kier molecular flexibility index (Phi) is 8.71. The van der Waals surface area contributed by atoms with Crippen LogP contribution in [0.15, 0.2) is 77.9 Å². The number of thiophene rings is 1. The van der Waals surface area contributed by atoms with Gasteiger partial charge < -0.3 is 9.47 Å². The van der Waals surface area contributed by atoms with Crippen LogP contribution in [0.4, 0.5) is 0 Å². The normalized spacial score (nSPS) is 11.1. The summed E-state index contributed by atoms with van der Waals surface area (Å²) in [5, 5.41) is 5.17. The highest BCUT2D eigenvalue weighted by Crippen LogP contribution is 2.35. The maximum absolute atomic E-state index is 12.6. The zero-order valence-corrected chi connectivity index (χ0v) is 21.3. The summed E-state index contributed by atoms with van der Waals surface area (Å²) < 4.78 is 11.9. The molecule has 4 rings (SSSR count). The largest absolute Gasteiger partial charge is 0.484 e. The molecule has 1 aromatic heterocycles. The summed E-state index contributed by atoms with van der Waals surface area (Å²) in [4.78, 5) is 24.9. The van der Waals surface area contributed by atoms with E-state index in [1.807, 2.05) is 48.5 Å². The maximum Gasteiger partial charge on any atom is 0.355 e. The van der Waals surface area contributed by atoms with Gasteiger partial charge in [-0.3, -0.25) is 4.79 Å². The molecule has 0 aliphatic heterocycles. The van der Waals surface area contributed by atoms with E-state index in [2.05, 4.69) is 17.5 Å². The average molecular weight is 521 g/mol. The highest BCUT2D eigenvalue weighted by molar-refractivity contribution is 7.21. The zero-order valence-electron chi connectivity index (χ0n) is 19.7. The molecule has 1 N–H and O–H groups in total. The lowest BCUT2D eigenvalue weighted by Gasteiger charge is -2.06. The quantitative estimate of drug-likeness (QED) is 0.110. The van der Waals surface area contributed by atoms with E-state index in [1.54, 1.807) is 24.3 Å². The number of ether oxygens (including phenoxy) is 2. The van der Waals surface area contributed by atoms with Crippen LogP contribution in [0.5, 0.6) is 11.5 Å². The van der Waals surface area contributed by atoms with Gasteiger partial charge in [0.05, 0.1) is 11.2 Å². The number of esters is 1. The number of rotatable bonds is 10. The van der Waals surface area contributed by atoms with Gasteiger partial charge in [0, 0.05) is 10.1 Å². The van der Waals surface area contributed by atoms with Crippen molar-refractivity contribution in [2.45, 2.75) is 26.2 Å². The van der Waals surface area contributed by atoms with Crippen molar-refractivity contribution in [3.8, 4) is 11.5 Å². The van der Waals surface area contributed by atoms with Crippen molar-refractivity contribution >= 4 is 51.1 Å². The lowest BCUT2D eigenvalue weighted by Crippen LogP contribution is -2.24. The van der Waals surface area contributed by atoms with Crippen LogP contribution in [0.25, 0.3) is 10.1 Å². The molecule has 0 aliphatic carbocycles. The molecule has 0 unspecified atom stereocenters. The highest BCUT2D eigenvalue weighted by atomic mass is 35.5. The Labute approximate surface area is 218 Å². The van der Waals surface area contributed by atoms with E-state index in [-0.39, 0.29) is 12.5 Å². The summed E-state index contributed by atoms with van der Waals surface area (Å²) in [6, 6.07) is 22.1. The third-order valence-electron chi connectivity index (χ3n) is 5.33. The fourth-order valence-corrected chi connectivity index (χ4v) is 4.80. The van der Waals surface area contributed by atoms with Crippen molar-refractivity contribution in [1.29, 1.82) is 0 Å². The van der Waals surface area contributed by atoms with Crippen molar-refractivity contribution in [3.05, 3.63) is 93.8 Å². The van der Waals surface area contributed by atoms with Gasteiger partial charge in [0.15, 0.2) is 6.61 Å². The predicted molar refractivity (Wildman–Crippen MR) is 145 cm³/mol. The minimum Gasteiger partial charge on any atom is -0.484 e. The van der Waals surface area contributed by atoms with E-state index in [4.69, 9.17) is 21.1 Å². The molecule has 1 heterocycles. The number of hydrogen-bond acceptors (Lipinski definition) is 6. The van der Waals surface area contributed by atoms with Crippen molar-refractivity contribution < 1.29 is 19.1 Å². The molecule has 0 atom stereocenters. The molecule has 1 amide bonds. The summed E-state index contributed by atoms with van der Waals surface area (Å²) in [5.41, 5.74) is 4.41. The fraction of sp³-hybridized carbons (Fsp3) is 0.179. The molecule has 6 nitrogen and oxygen atoms in total. The van der Waals surface area contributed by atoms with Crippen LogP contribution in [0.1, 0.15) is 40.6 Å². The van der Waals surface area contributed by atoms with Gasteiger partial charge in [0.25, 0.3) is 5.91 Å². The van der Waals surface area contributed by atoms with Crippen LogP contribution in [-0.4, -0.2) is 24.7 Å². The van der Waals surface area contributed by atoms with Crippen LogP contribution >= 0.6 is 22.9 Å². The van der Waals surface area contributed by atoms with E-state index in [9.17, 15) is 9.59 Å². The Morgan fingerprint density at radius 1 is 1.00 bits per heavy atom. The summed E-state index contributed by atoms with van der Waals surface area (Å²) in [5.74, 6) is 0.137. The second-order valence-electron chi connectivity index (χ2n) is 8.03. The number of carbonyl (C=O) groups is 2. The number of fused-ring (bicyclic) bond motifs is 1. The first-order chi connectivity index (χ1) is 17.5. The first-order valence-corrected chi connectivity index (χ1v) is 12.8. The second kappa shape index (κ2) is 12.3. The van der Waals surface area contributed by atoms with Crippen LogP contribution in [0.2, 0.25) is 5.02 Å². The van der Waals surface area contributed by atoms with Crippen LogP contribution in [-0.2, 0) is 11.2 Å². The van der Waals surface area contributed by atoms with E-state index in [1.165, 1.54) is 23.1 Å². The molecule has 8 heteroatoms. The standard InChI is InChI=1S/C28H25ClN2O4S/c1-2-3-6-19-9-13-21(14-10-19)34-18-25(32)31-30-17-20-11-15-22(16-12-20)35-28(33)27-26(29)23-7-4-5-8-24(23)36-27/h4-5,7-17H,2-3,6,18H2,1H3,(H,31,32)/b30-17+. The van der Waals surface area contributed by atoms with E-state index in [0.29, 0.717) is 21.4 Å². The number of hydrazone groups is 1. The second-order valence-corrected chi connectivity index (χ2v) is 9.46. The maximum atomic E-state index is 12.6. The number of nitrogens with one attached hydrogen (secondary N) is 1. The molecule has 4 aromatic rings. The topological polar surface area (TPSA) is 77.0 Å². The monoisotopic (exact) mass is 520 g/mol. The number of carbonyl (C=O) groups excluding carboxylic acids is 2. The molecule has 0 radical (unpaired) electrons. The minimum absolute atomic E-state index is 0.138. The van der Waals surface area contributed by atoms with Crippen molar-refractivity contribution in [2.24, 2.45) is 5.10 Å². The van der Waals surface area contributed by atoms with Crippen LogP contribution < -0.4 is 14.9 Å². The smallest absolute Gasteiger partial charge is 0.355 e. The summed E-state index contributed by atoms with van der Waals surface area (Å²) in [6.07, 6.45) is 4.83. The SMILES string of the molecule is CCCCc1ccc(OCC(=O)N/N=C/c2ccc(OC(=O)c3sc4ccccc4c3Cl)cc2)cc1. The Balaban J connectivity index is 1.24. The summed E-state index contributed by atoms with van der Waals surface area (Å²) >= 11 is 7.65. The first-order valence-electron chi connectivity index (χ1n) is 11.6. The van der Waals surface area contributed by atoms with Crippen molar-refractivity contribution in [1.82, 2.24) is 5.43 Å². The lowest BCUT2D eigenvalue weighted by atomic mass is 10.1.